The van der Waals surface area contributed by atoms with E-state index >= 15 is 0 Å². The fourth-order valence-electron chi connectivity index (χ4n) is 2.88. The number of nitrogens with zero attached hydrogens (tertiary/aromatic N) is 1. The molecule has 0 aliphatic carbocycles. The van der Waals surface area contributed by atoms with Crippen LogP contribution in [0.5, 0.6) is 5.75 Å². The SMILES string of the molecule is CC(=O)c1cc(Cl)ccc1OCC1CN(C(=O)/C=C/Sc2ccccc2)CCO1. The number of ether oxygens (including phenoxy) is 2. The second-order valence-corrected chi connectivity index (χ2v) is 7.93. The van der Waals surface area contributed by atoms with E-state index in [-0.39, 0.29) is 24.4 Å². The average molecular weight is 432 g/mol. The van der Waals surface area contributed by atoms with Gasteiger partial charge in [0, 0.05) is 22.5 Å². The molecule has 1 fully saturated rings. The topological polar surface area (TPSA) is 55.8 Å². The number of carbonyl (C=O) groups is 2. The van der Waals surface area contributed by atoms with Crippen LogP contribution in [0.15, 0.2) is 64.9 Å². The van der Waals surface area contributed by atoms with Gasteiger partial charge in [-0.2, -0.15) is 0 Å². The van der Waals surface area contributed by atoms with Gasteiger partial charge in [0.15, 0.2) is 5.78 Å². The number of ketones is 1. The number of thioether (sulfide) groups is 1. The third kappa shape index (κ3) is 6.35. The standard InChI is InChI=1S/C22H22ClNO4S/c1-16(25)20-13-17(23)7-8-21(20)28-15-18-14-24(10-11-27-18)22(26)9-12-29-19-5-3-2-4-6-19/h2-9,12-13,18H,10-11,14-15H2,1H3/b12-9+. The van der Waals surface area contributed by atoms with Crippen LogP contribution in [0.1, 0.15) is 17.3 Å². The molecule has 0 radical (unpaired) electrons. The molecule has 0 bridgehead atoms. The van der Waals surface area contributed by atoms with Gasteiger partial charge >= 0.3 is 0 Å². The van der Waals surface area contributed by atoms with Crippen molar-refractivity contribution in [2.24, 2.45) is 0 Å². The molecule has 0 saturated carbocycles. The second kappa shape index (κ2) is 10.5. The largest absolute Gasteiger partial charge is 0.490 e. The van der Waals surface area contributed by atoms with E-state index in [0.717, 1.165) is 4.90 Å². The van der Waals surface area contributed by atoms with Gasteiger partial charge in [-0.25, -0.2) is 0 Å². The van der Waals surface area contributed by atoms with Crippen molar-refractivity contribution >= 4 is 35.1 Å². The van der Waals surface area contributed by atoms with Crippen LogP contribution in [0, 0.1) is 0 Å². The Morgan fingerprint density at radius 3 is 2.83 bits per heavy atom. The summed E-state index contributed by atoms with van der Waals surface area (Å²) in [5.41, 5.74) is 0.433. The Bertz CT molecular complexity index is 888. The van der Waals surface area contributed by atoms with Gasteiger partial charge in [0.25, 0.3) is 0 Å². The quantitative estimate of drug-likeness (QED) is 0.368. The van der Waals surface area contributed by atoms with E-state index < -0.39 is 0 Å². The van der Waals surface area contributed by atoms with E-state index in [1.807, 2.05) is 30.3 Å². The van der Waals surface area contributed by atoms with Crippen molar-refractivity contribution in [1.29, 1.82) is 0 Å². The van der Waals surface area contributed by atoms with E-state index in [0.29, 0.717) is 36.0 Å². The van der Waals surface area contributed by atoms with Crippen molar-refractivity contribution < 1.29 is 19.1 Å². The molecule has 5 nitrogen and oxygen atoms in total. The third-order valence-corrected chi connectivity index (χ3v) is 5.41. The van der Waals surface area contributed by atoms with Crippen LogP contribution in [-0.2, 0) is 9.53 Å². The Morgan fingerprint density at radius 1 is 1.28 bits per heavy atom. The Hall–Kier alpha value is -2.28. The highest BCUT2D eigenvalue weighted by molar-refractivity contribution is 8.02. The van der Waals surface area contributed by atoms with Crippen molar-refractivity contribution in [3.8, 4) is 5.75 Å². The molecule has 1 unspecified atom stereocenters. The van der Waals surface area contributed by atoms with Crippen molar-refractivity contribution in [2.45, 2.75) is 17.9 Å². The molecule has 1 atom stereocenters. The van der Waals surface area contributed by atoms with Gasteiger partial charge in [-0.1, -0.05) is 41.6 Å². The maximum Gasteiger partial charge on any atom is 0.247 e. The highest BCUT2D eigenvalue weighted by Crippen LogP contribution is 2.24. The normalized spacial score (nSPS) is 16.8. The summed E-state index contributed by atoms with van der Waals surface area (Å²) >= 11 is 7.46. The molecule has 3 rings (SSSR count). The first-order chi connectivity index (χ1) is 14.0. The number of rotatable bonds is 7. The molecule has 2 aromatic rings. The van der Waals surface area contributed by atoms with Crippen molar-refractivity contribution in [3.63, 3.8) is 0 Å². The van der Waals surface area contributed by atoms with Gasteiger partial charge in [-0.05, 0) is 42.7 Å². The van der Waals surface area contributed by atoms with Crippen LogP contribution in [0.3, 0.4) is 0 Å². The molecule has 0 spiro atoms. The number of hydrogen-bond donors (Lipinski definition) is 0. The zero-order valence-electron chi connectivity index (χ0n) is 16.0. The van der Waals surface area contributed by atoms with Gasteiger partial charge in [0.05, 0.1) is 18.7 Å². The van der Waals surface area contributed by atoms with Crippen LogP contribution in [0.25, 0.3) is 0 Å². The third-order valence-electron chi connectivity index (χ3n) is 4.35. The fraction of sp³-hybridized carbons (Fsp3) is 0.273. The lowest BCUT2D eigenvalue weighted by molar-refractivity contribution is -0.134. The average Bonchev–Trinajstić information content (AvgIpc) is 2.73. The minimum absolute atomic E-state index is 0.0577. The van der Waals surface area contributed by atoms with Crippen LogP contribution in [0.2, 0.25) is 5.02 Å². The number of morpholine rings is 1. The molecule has 1 aliphatic heterocycles. The van der Waals surface area contributed by atoms with Gasteiger partial charge in [0.1, 0.15) is 18.5 Å². The molecule has 0 aromatic heterocycles. The monoisotopic (exact) mass is 431 g/mol. The summed E-state index contributed by atoms with van der Waals surface area (Å²) in [7, 11) is 0. The molecular weight excluding hydrogens is 410 g/mol. The lowest BCUT2D eigenvalue weighted by Gasteiger charge is -2.32. The first kappa shape index (κ1) is 21.4. The van der Waals surface area contributed by atoms with Gasteiger partial charge in [-0.15, -0.1) is 0 Å². The molecule has 0 N–H and O–H groups in total. The summed E-state index contributed by atoms with van der Waals surface area (Å²) in [5, 5.41) is 2.28. The van der Waals surface area contributed by atoms with E-state index in [9.17, 15) is 9.59 Å². The molecule has 7 heteroatoms. The van der Waals surface area contributed by atoms with Gasteiger partial charge in [-0.3, -0.25) is 9.59 Å². The van der Waals surface area contributed by atoms with Crippen molar-refractivity contribution in [2.75, 3.05) is 26.3 Å². The summed E-state index contributed by atoms with van der Waals surface area (Å²) < 4.78 is 11.5. The Morgan fingerprint density at radius 2 is 2.07 bits per heavy atom. The van der Waals surface area contributed by atoms with E-state index in [1.165, 1.54) is 18.7 Å². The Labute approximate surface area is 179 Å². The number of hydrogen-bond acceptors (Lipinski definition) is 5. The molecule has 2 aromatic carbocycles. The summed E-state index contributed by atoms with van der Waals surface area (Å²) in [4.78, 5) is 27.1. The number of Topliss-reactive ketones (excluding diaryl/α,β-unsaturated/α-hetero) is 1. The molecule has 1 saturated heterocycles. The van der Waals surface area contributed by atoms with E-state index in [4.69, 9.17) is 21.1 Å². The number of amides is 1. The lowest BCUT2D eigenvalue weighted by atomic mass is 10.1. The highest BCUT2D eigenvalue weighted by Gasteiger charge is 2.24. The van der Waals surface area contributed by atoms with Crippen LogP contribution in [0.4, 0.5) is 0 Å². The zero-order chi connectivity index (χ0) is 20.6. The van der Waals surface area contributed by atoms with Gasteiger partial charge < -0.3 is 14.4 Å². The molecule has 1 aliphatic rings. The van der Waals surface area contributed by atoms with Crippen LogP contribution in [-0.4, -0.2) is 49.0 Å². The van der Waals surface area contributed by atoms with Crippen molar-refractivity contribution in [3.05, 3.63) is 70.6 Å². The van der Waals surface area contributed by atoms with E-state index in [1.54, 1.807) is 34.6 Å². The zero-order valence-corrected chi connectivity index (χ0v) is 17.6. The Balaban J connectivity index is 1.53. The lowest BCUT2D eigenvalue weighted by Crippen LogP contribution is -2.47. The van der Waals surface area contributed by atoms with Gasteiger partial charge in [0.2, 0.25) is 5.91 Å². The second-order valence-electron chi connectivity index (χ2n) is 6.52. The first-order valence-corrected chi connectivity index (χ1v) is 10.5. The number of benzene rings is 2. The predicted octanol–water partition coefficient (Wildman–Crippen LogP) is 4.45. The molecule has 1 heterocycles. The Kier molecular flexibility index (Phi) is 7.75. The summed E-state index contributed by atoms with van der Waals surface area (Å²) in [6.07, 6.45) is 1.31. The number of carbonyl (C=O) groups excluding carboxylic acids is 2. The minimum Gasteiger partial charge on any atom is -0.490 e. The molecule has 1 amide bonds. The molecule has 152 valence electrons. The molecular formula is C22H22ClNO4S. The summed E-state index contributed by atoms with van der Waals surface area (Å²) in [5.74, 6) is 0.288. The molecule has 29 heavy (non-hydrogen) atoms. The van der Waals surface area contributed by atoms with Crippen LogP contribution < -0.4 is 4.74 Å². The van der Waals surface area contributed by atoms with E-state index in [2.05, 4.69) is 0 Å². The van der Waals surface area contributed by atoms with Crippen LogP contribution >= 0.6 is 23.4 Å². The smallest absolute Gasteiger partial charge is 0.247 e. The highest BCUT2D eigenvalue weighted by atomic mass is 35.5. The first-order valence-electron chi connectivity index (χ1n) is 9.25. The minimum atomic E-state index is -0.265. The van der Waals surface area contributed by atoms with Crippen molar-refractivity contribution in [1.82, 2.24) is 4.90 Å². The number of halogens is 1. The summed E-state index contributed by atoms with van der Waals surface area (Å²) in [6.45, 7) is 3.13. The maximum absolute atomic E-state index is 12.5. The predicted molar refractivity (Wildman–Crippen MR) is 115 cm³/mol. The summed E-state index contributed by atoms with van der Waals surface area (Å²) in [6, 6.07) is 14.8. The fourth-order valence-corrected chi connectivity index (χ4v) is 3.71. The maximum atomic E-state index is 12.5.